The monoisotopic (exact) mass is 357 g/mol. The highest BCUT2D eigenvalue weighted by Gasteiger charge is 2.06. The molecule has 1 heterocycles. The van der Waals surface area contributed by atoms with Gasteiger partial charge in [-0.2, -0.15) is 0 Å². The number of nitrogens with zero attached hydrogens (tertiary/aromatic N) is 2. The van der Waals surface area contributed by atoms with Crippen LogP contribution in [-0.4, -0.2) is 17.6 Å². The van der Waals surface area contributed by atoms with Gasteiger partial charge < -0.3 is 21.5 Å². The van der Waals surface area contributed by atoms with E-state index in [-0.39, 0.29) is 18.4 Å². The van der Waals surface area contributed by atoms with Crippen LogP contribution in [-0.2, 0) is 0 Å². The molecule has 0 saturated heterocycles. The zero-order valence-electron chi connectivity index (χ0n) is 13.8. The van der Waals surface area contributed by atoms with Gasteiger partial charge in [-0.05, 0) is 43.3 Å². The van der Waals surface area contributed by atoms with Crippen LogP contribution in [0.5, 0.6) is 5.75 Å². The van der Waals surface area contributed by atoms with Gasteiger partial charge in [0.05, 0.1) is 17.8 Å². The van der Waals surface area contributed by atoms with Crippen molar-refractivity contribution in [1.29, 1.82) is 0 Å². The molecule has 3 rings (SSSR count). The molecule has 0 aliphatic rings. The first kappa shape index (κ1) is 18.4. The molecule has 2 aromatic carbocycles. The summed E-state index contributed by atoms with van der Waals surface area (Å²) in [7, 11) is 0. The van der Waals surface area contributed by atoms with Gasteiger partial charge in [-0.15, -0.1) is 12.4 Å². The molecule has 5 N–H and O–H groups in total. The smallest absolute Gasteiger partial charge is 0.191 e. The number of hydrogen-bond donors (Lipinski definition) is 3. The zero-order chi connectivity index (χ0) is 16.9. The molecule has 1 aromatic heterocycles. The van der Waals surface area contributed by atoms with E-state index in [1.54, 1.807) is 6.20 Å². The Morgan fingerprint density at radius 1 is 1.12 bits per heavy atom. The molecule has 25 heavy (non-hydrogen) atoms. The van der Waals surface area contributed by atoms with Crippen LogP contribution in [0.2, 0.25) is 0 Å². The SMILES string of the molecule is CCOc1ccc(Nc2ccnc3c(N=C(N)N)cccc23)cc1.Cl. The fourth-order valence-electron chi connectivity index (χ4n) is 2.46. The van der Waals surface area contributed by atoms with E-state index < -0.39 is 0 Å². The second-order valence-electron chi connectivity index (χ2n) is 5.15. The standard InChI is InChI=1S/C18H19N5O.ClH/c1-2-24-13-8-6-12(7-9-13)22-15-10-11-21-17-14(15)4-3-5-16(17)23-18(19)20;/h3-11H,2H2,1H3,(H,21,22)(H4,19,20,23);1H. The molecule has 0 atom stereocenters. The van der Waals surface area contributed by atoms with Crippen molar-refractivity contribution in [1.82, 2.24) is 4.98 Å². The molecule has 0 fully saturated rings. The minimum Gasteiger partial charge on any atom is -0.494 e. The Labute approximate surface area is 152 Å². The number of ether oxygens (including phenoxy) is 1. The van der Waals surface area contributed by atoms with Gasteiger partial charge in [0.25, 0.3) is 0 Å². The molecule has 0 radical (unpaired) electrons. The first-order valence-electron chi connectivity index (χ1n) is 7.64. The average molecular weight is 358 g/mol. The topological polar surface area (TPSA) is 98.5 Å². The number of anilines is 2. The van der Waals surface area contributed by atoms with Crippen molar-refractivity contribution in [2.45, 2.75) is 6.92 Å². The van der Waals surface area contributed by atoms with Gasteiger partial charge in [0.2, 0.25) is 0 Å². The van der Waals surface area contributed by atoms with E-state index in [0.29, 0.717) is 12.3 Å². The number of fused-ring (bicyclic) bond motifs is 1. The Hall–Kier alpha value is -2.99. The molecule has 0 spiro atoms. The highest BCUT2D eigenvalue weighted by atomic mass is 35.5. The normalized spacial score (nSPS) is 9.96. The number of aromatic nitrogens is 1. The maximum absolute atomic E-state index is 5.49. The summed E-state index contributed by atoms with van der Waals surface area (Å²) < 4.78 is 5.46. The summed E-state index contributed by atoms with van der Waals surface area (Å²) >= 11 is 0. The number of rotatable bonds is 5. The molecular weight excluding hydrogens is 338 g/mol. The van der Waals surface area contributed by atoms with Crippen molar-refractivity contribution in [2.24, 2.45) is 16.5 Å². The van der Waals surface area contributed by atoms with Gasteiger partial charge in [0.15, 0.2) is 5.96 Å². The maximum atomic E-state index is 5.49. The third-order valence-electron chi connectivity index (χ3n) is 3.44. The Bertz CT molecular complexity index is 876. The number of para-hydroxylation sites is 1. The second kappa shape index (κ2) is 8.21. The molecule has 0 aliphatic carbocycles. The van der Waals surface area contributed by atoms with Crippen LogP contribution in [0.1, 0.15) is 6.92 Å². The van der Waals surface area contributed by atoms with Crippen molar-refractivity contribution >= 4 is 46.3 Å². The Morgan fingerprint density at radius 2 is 1.88 bits per heavy atom. The minimum atomic E-state index is 0. The number of benzene rings is 2. The molecule has 3 aromatic rings. The van der Waals surface area contributed by atoms with Crippen LogP contribution in [0.3, 0.4) is 0 Å². The lowest BCUT2D eigenvalue weighted by molar-refractivity contribution is 0.340. The van der Waals surface area contributed by atoms with E-state index in [2.05, 4.69) is 15.3 Å². The van der Waals surface area contributed by atoms with Crippen molar-refractivity contribution < 1.29 is 4.74 Å². The predicted molar refractivity (Wildman–Crippen MR) is 105 cm³/mol. The second-order valence-corrected chi connectivity index (χ2v) is 5.15. The number of aliphatic imine (C=N–C) groups is 1. The van der Waals surface area contributed by atoms with E-state index in [9.17, 15) is 0 Å². The largest absolute Gasteiger partial charge is 0.494 e. The van der Waals surface area contributed by atoms with Gasteiger partial charge >= 0.3 is 0 Å². The average Bonchev–Trinajstić information content (AvgIpc) is 2.57. The number of nitrogens with two attached hydrogens (primary N) is 2. The molecule has 6 nitrogen and oxygen atoms in total. The lowest BCUT2D eigenvalue weighted by Gasteiger charge is -2.11. The van der Waals surface area contributed by atoms with Gasteiger partial charge in [-0.3, -0.25) is 4.98 Å². The fourth-order valence-corrected chi connectivity index (χ4v) is 2.46. The third kappa shape index (κ3) is 4.30. The summed E-state index contributed by atoms with van der Waals surface area (Å²) in [5, 5.41) is 4.33. The molecule has 7 heteroatoms. The number of nitrogens with one attached hydrogen (secondary N) is 1. The maximum Gasteiger partial charge on any atom is 0.191 e. The summed E-state index contributed by atoms with van der Waals surface area (Å²) in [5.74, 6) is 0.854. The first-order chi connectivity index (χ1) is 11.7. The molecular formula is C18H20ClN5O. The summed E-state index contributed by atoms with van der Waals surface area (Å²) in [4.78, 5) is 8.53. The number of guanidine groups is 1. The van der Waals surface area contributed by atoms with Gasteiger partial charge in [-0.1, -0.05) is 12.1 Å². The van der Waals surface area contributed by atoms with Crippen molar-refractivity contribution in [3.05, 3.63) is 54.7 Å². The lowest BCUT2D eigenvalue weighted by Crippen LogP contribution is -2.21. The Balaban J connectivity index is 0.00000225. The quantitative estimate of drug-likeness (QED) is 0.477. The lowest BCUT2D eigenvalue weighted by atomic mass is 10.1. The molecule has 0 bridgehead atoms. The molecule has 0 amide bonds. The van der Waals surface area contributed by atoms with Gasteiger partial charge in [-0.25, -0.2) is 4.99 Å². The van der Waals surface area contributed by atoms with E-state index in [1.165, 1.54) is 0 Å². The fraction of sp³-hybridized carbons (Fsp3) is 0.111. The third-order valence-corrected chi connectivity index (χ3v) is 3.44. The number of pyridine rings is 1. The van der Waals surface area contributed by atoms with Crippen LogP contribution >= 0.6 is 12.4 Å². The highest BCUT2D eigenvalue weighted by molar-refractivity contribution is 6.00. The predicted octanol–water partition coefficient (Wildman–Crippen LogP) is 3.70. The minimum absolute atomic E-state index is 0. The van der Waals surface area contributed by atoms with Gasteiger partial charge in [0, 0.05) is 23.0 Å². The molecule has 0 unspecified atom stereocenters. The summed E-state index contributed by atoms with van der Waals surface area (Å²) in [6.45, 7) is 2.61. The Morgan fingerprint density at radius 3 is 2.56 bits per heavy atom. The van der Waals surface area contributed by atoms with Crippen LogP contribution in [0, 0.1) is 0 Å². The van der Waals surface area contributed by atoms with Crippen molar-refractivity contribution in [3.63, 3.8) is 0 Å². The summed E-state index contributed by atoms with van der Waals surface area (Å²) in [5.41, 5.74) is 14.2. The van der Waals surface area contributed by atoms with Gasteiger partial charge in [0.1, 0.15) is 5.75 Å². The molecule has 0 saturated carbocycles. The van der Waals surface area contributed by atoms with E-state index in [0.717, 1.165) is 28.0 Å². The highest BCUT2D eigenvalue weighted by Crippen LogP contribution is 2.31. The van der Waals surface area contributed by atoms with Crippen LogP contribution < -0.4 is 21.5 Å². The van der Waals surface area contributed by atoms with E-state index in [4.69, 9.17) is 16.2 Å². The van der Waals surface area contributed by atoms with E-state index >= 15 is 0 Å². The molecule has 130 valence electrons. The Kier molecular flexibility index (Phi) is 6.03. The van der Waals surface area contributed by atoms with Crippen molar-refractivity contribution in [2.75, 3.05) is 11.9 Å². The summed E-state index contributed by atoms with van der Waals surface area (Å²) in [6, 6.07) is 15.4. The molecule has 0 aliphatic heterocycles. The zero-order valence-corrected chi connectivity index (χ0v) is 14.6. The first-order valence-corrected chi connectivity index (χ1v) is 7.64. The van der Waals surface area contributed by atoms with E-state index in [1.807, 2.05) is 55.5 Å². The number of hydrogen-bond acceptors (Lipinski definition) is 4. The van der Waals surface area contributed by atoms with Crippen molar-refractivity contribution in [3.8, 4) is 5.75 Å². The van der Waals surface area contributed by atoms with Crippen LogP contribution in [0.15, 0.2) is 59.7 Å². The van der Waals surface area contributed by atoms with Crippen LogP contribution in [0.25, 0.3) is 10.9 Å². The number of halogens is 1. The van der Waals surface area contributed by atoms with Crippen LogP contribution in [0.4, 0.5) is 17.1 Å². The summed E-state index contributed by atoms with van der Waals surface area (Å²) in [6.07, 6.45) is 1.73.